The number of piperidine rings is 1. The number of carbonyl (C=O) groups is 1. The maximum Gasteiger partial charge on any atom is 0.227 e. The van der Waals surface area contributed by atoms with E-state index in [4.69, 9.17) is 4.74 Å². The predicted molar refractivity (Wildman–Crippen MR) is 84.3 cm³/mol. The molecule has 0 bridgehead atoms. The van der Waals surface area contributed by atoms with Crippen molar-refractivity contribution in [1.82, 2.24) is 4.90 Å². The van der Waals surface area contributed by atoms with Crippen LogP contribution in [0.3, 0.4) is 0 Å². The van der Waals surface area contributed by atoms with Crippen LogP contribution in [0, 0.1) is 17.0 Å². The molecule has 0 radical (unpaired) electrons. The zero-order valence-corrected chi connectivity index (χ0v) is 13.8. The van der Waals surface area contributed by atoms with Crippen molar-refractivity contribution in [2.75, 3.05) is 19.7 Å². The highest BCUT2D eigenvalue weighted by Crippen LogP contribution is 2.50. The van der Waals surface area contributed by atoms with E-state index in [0.29, 0.717) is 39.0 Å². The number of benzene rings is 1. The first-order chi connectivity index (χ1) is 11.5. The number of aliphatic hydroxyl groups excluding tert-OH is 1. The summed E-state index contributed by atoms with van der Waals surface area (Å²) in [7, 11) is 0. The molecule has 1 amide bonds. The summed E-state index contributed by atoms with van der Waals surface area (Å²) in [6, 6.07) is 3.27. The number of rotatable bonds is 4. The van der Waals surface area contributed by atoms with Crippen LogP contribution in [0.2, 0.25) is 0 Å². The van der Waals surface area contributed by atoms with Crippen molar-refractivity contribution in [2.45, 2.75) is 44.8 Å². The van der Waals surface area contributed by atoms with Gasteiger partial charge in [-0.05, 0) is 31.4 Å². The van der Waals surface area contributed by atoms with Gasteiger partial charge in [0.2, 0.25) is 5.91 Å². The Morgan fingerprint density at radius 2 is 2.08 bits per heavy atom. The third kappa shape index (κ3) is 3.05. The number of hydrogen-bond acceptors (Lipinski definition) is 3. The Morgan fingerprint density at radius 3 is 2.67 bits per heavy atom. The van der Waals surface area contributed by atoms with Crippen LogP contribution in [0.5, 0.6) is 0 Å². The van der Waals surface area contributed by atoms with E-state index >= 15 is 0 Å². The molecule has 1 aromatic rings. The molecule has 0 aromatic heterocycles. The Balaban J connectivity index is 1.59. The maximum absolute atomic E-state index is 13.7. The molecule has 6 heteroatoms. The molecule has 2 fully saturated rings. The zero-order chi connectivity index (χ0) is 17.3. The summed E-state index contributed by atoms with van der Waals surface area (Å²) in [4.78, 5) is 14.1. The third-order valence-corrected chi connectivity index (χ3v) is 5.51. The van der Waals surface area contributed by atoms with E-state index in [1.807, 2.05) is 6.92 Å². The summed E-state index contributed by atoms with van der Waals surface area (Å²) in [5.41, 5.74) is -0.0361. The van der Waals surface area contributed by atoms with E-state index < -0.39 is 11.6 Å². The number of amides is 1. The fourth-order valence-corrected chi connectivity index (χ4v) is 3.93. The summed E-state index contributed by atoms with van der Waals surface area (Å²) in [6.45, 7) is 3.62. The van der Waals surface area contributed by atoms with E-state index in [1.54, 1.807) is 4.90 Å². The second kappa shape index (κ2) is 6.76. The highest BCUT2D eigenvalue weighted by molar-refractivity contribution is 5.79. The Bertz CT molecular complexity index is 612. The van der Waals surface area contributed by atoms with Crippen molar-refractivity contribution in [3.8, 4) is 0 Å². The molecule has 1 aromatic carbocycles. The first-order valence-corrected chi connectivity index (χ1v) is 8.47. The number of likely N-dealkylation sites (tertiary alicyclic amines) is 1. The third-order valence-electron chi connectivity index (χ3n) is 5.51. The first-order valence-electron chi connectivity index (χ1n) is 8.47. The highest BCUT2D eigenvalue weighted by atomic mass is 19.1. The number of ether oxygens (including phenoxy) is 1. The molecule has 2 atom stereocenters. The average molecular weight is 339 g/mol. The Hall–Kier alpha value is -1.53. The van der Waals surface area contributed by atoms with Crippen LogP contribution < -0.4 is 0 Å². The Labute approximate surface area is 140 Å². The van der Waals surface area contributed by atoms with Gasteiger partial charge in [-0.25, -0.2) is 8.78 Å². The van der Waals surface area contributed by atoms with E-state index in [9.17, 15) is 18.7 Å². The molecule has 1 aliphatic heterocycles. The van der Waals surface area contributed by atoms with Gasteiger partial charge in [0.25, 0.3) is 0 Å². The molecule has 1 aliphatic carbocycles. The van der Waals surface area contributed by atoms with Crippen molar-refractivity contribution in [3.63, 3.8) is 0 Å². The van der Waals surface area contributed by atoms with Gasteiger partial charge in [0.1, 0.15) is 11.6 Å². The van der Waals surface area contributed by atoms with Crippen LogP contribution >= 0.6 is 0 Å². The van der Waals surface area contributed by atoms with Crippen LogP contribution in [0.1, 0.15) is 31.7 Å². The molecule has 1 saturated heterocycles. The lowest BCUT2D eigenvalue weighted by Gasteiger charge is -2.56. The summed E-state index contributed by atoms with van der Waals surface area (Å²) < 4.78 is 32.3. The molecule has 24 heavy (non-hydrogen) atoms. The molecule has 4 nitrogen and oxygen atoms in total. The van der Waals surface area contributed by atoms with Crippen molar-refractivity contribution in [3.05, 3.63) is 35.4 Å². The van der Waals surface area contributed by atoms with Crippen LogP contribution in [-0.2, 0) is 16.0 Å². The van der Waals surface area contributed by atoms with Crippen molar-refractivity contribution >= 4 is 5.91 Å². The summed E-state index contributed by atoms with van der Waals surface area (Å²) in [6.07, 6.45) is 1.65. The molecule has 1 spiro atoms. The maximum atomic E-state index is 13.7. The SMILES string of the molecule is CCOC1CC(O)C12CCN(C(=O)Cc1ccc(F)cc1F)CC2. The number of aliphatic hydroxyl groups is 1. The number of hydrogen-bond donors (Lipinski definition) is 1. The smallest absolute Gasteiger partial charge is 0.227 e. The summed E-state index contributed by atoms with van der Waals surface area (Å²) in [5, 5.41) is 10.2. The molecule has 2 aliphatic rings. The van der Waals surface area contributed by atoms with Gasteiger partial charge < -0.3 is 14.7 Å². The molecular formula is C18H23F2NO3. The Kier molecular flexibility index (Phi) is 4.88. The summed E-state index contributed by atoms with van der Waals surface area (Å²) in [5.74, 6) is -1.51. The van der Waals surface area contributed by atoms with Gasteiger partial charge in [-0.3, -0.25) is 4.79 Å². The molecule has 3 rings (SSSR count). The lowest BCUT2D eigenvalue weighted by atomic mass is 9.58. The predicted octanol–water partition coefficient (Wildman–Crippen LogP) is 2.29. The standard InChI is InChI=1S/C18H23F2NO3/c1-2-24-16-11-15(22)18(16)5-7-21(8-6-18)17(23)9-12-3-4-13(19)10-14(12)20/h3-4,10,15-16,22H,2,5-9,11H2,1H3. The van der Waals surface area contributed by atoms with E-state index in [0.717, 1.165) is 12.1 Å². The molecule has 132 valence electrons. The molecule has 1 heterocycles. The van der Waals surface area contributed by atoms with Gasteiger partial charge in [0.15, 0.2) is 0 Å². The summed E-state index contributed by atoms with van der Waals surface area (Å²) >= 11 is 0. The van der Waals surface area contributed by atoms with E-state index in [1.165, 1.54) is 6.07 Å². The highest BCUT2D eigenvalue weighted by Gasteiger charge is 2.56. The molecular weight excluding hydrogens is 316 g/mol. The van der Waals surface area contributed by atoms with Gasteiger partial charge in [-0.1, -0.05) is 6.07 Å². The number of nitrogens with zero attached hydrogens (tertiary/aromatic N) is 1. The average Bonchev–Trinajstić information content (AvgIpc) is 2.57. The van der Waals surface area contributed by atoms with Gasteiger partial charge in [-0.2, -0.15) is 0 Å². The second-order valence-corrected chi connectivity index (χ2v) is 6.72. The van der Waals surface area contributed by atoms with Gasteiger partial charge in [-0.15, -0.1) is 0 Å². The normalized spacial score (nSPS) is 25.6. The van der Waals surface area contributed by atoms with Crippen LogP contribution in [-0.4, -0.2) is 47.8 Å². The van der Waals surface area contributed by atoms with Crippen LogP contribution in [0.25, 0.3) is 0 Å². The number of halogens is 2. The lowest BCUT2D eigenvalue weighted by molar-refractivity contribution is -0.210. The van der Waals surface area contributed by atoms with Gasteiger partial charge in [0.05, 0.1) is 18.6 Å². The molecule has 2 unspecified atom stereocenters. The van der Waals surface area contributed by atoms with Gasteiger partial charge in [0, 0.05) is 37.6 Å². The minimum Gasteiger partial charge on any atom is -0.392 e. The molecule has 1 N–H and O–H groups in total. The fraction of sp³-hybridized carbons (Fsp3) is 0.611. The topological polar surface area (TPSA) is 49.8 Å². The largest absolute Gasteiger partial charge is 0.392 e. The van der Waals surface area contributed by atoms with Crippen molar-refractivity contribution < 1.29 is 23.4 Å². The fourth-order valence-electron chi connectivity index (χ4n) is 3.93. The van der Waals surface area contributed by atoms with Crippen molar-refractivity contribution in [1.29, 1.82) is 0 Å². The minimum absolute atomic E-state index is 0.0595. The van der Waals surface area contributed by atoms with Crippen LogP contribution in [0.4, 0.5) is 8.78 Å². The lowest BCUT2D eigenvalue weighted by Crippen LogP contribution is -2.62. The minimum atomic E-state index is -0.692. The monoisotopic (exact) mass is 339 g/mol. The Morgan fingerprint density at radius 1 is 1.38 bits per heavy atom. The second-order valence-electron chi connectivity index (χ2n) is 6.72. The van der Waals surface area contributed by atoms with Crippen LogP contribution in [0.15, 0.2) is 18.2 Å². The zero-order valence-electron chi connectivity index (χ0n) is 13.8. The first kappa shape index (κ1) is 17.3. The quantitative estimate of drug-likeness (QED) is 0.916. The van der Waals surface area contributed by atoms with Crippen molar-refractivity contribution in [2.24, 2.45) is 5.41 Å². The molecule has 1 saturated carbocycles. The van der Waals surface area contributed by atoms with Gasteiger partial charge >= 0.3 is 0 Å². The van der Waals surface area contributed by atoms with E-state index in [-0.39, 0.29) is 35.5 Å². The van der Waals surface area contributed by atoms with E-state index in [2.05, 4.69) is 0 Å². The number of carbonyl (C=O) groups excluding carboxylic acids is 1.